The molecule has 0 bridgehead atoms. The van der Waals surface area contributed by atoms with Crippen molar-refractivity contribution < 1.29 is 23.1 Å². The van der Waals surface area contributed by atoms with Gasteiger partial charge < -0.3 is 15.4 Å². The maximum atomic E-state index is 13.1. The fourth-order valence-electron chi connectivity index (χ4n) is 4.08. The number of carbonyl (C=O) groups excluding carboxylic acids is 1. The van der Waals surface area contributed by atoms with E-state index in [1.54, 1.807) is 48.5 Å². The minimum Gasteiger partial charge on any atom is -0.493 e. The highest BCUT2D eigenvalue weighted by Crippen LogP contribution is 2.36. The van der Waals surface area contributed by atoms with Crippen LogP contribution in [0, 0.1) is 0 Å². The predicted octanol–water partition coefficient (Wildman–Crippen LogP) is 7.83. The van der Waals surface area contributed by atoms with Crippen molar-refractivity contribution >= 4 is 28.2 Å². The van der Waals surface area contributed by atoms with Crippen LogP contribution in [0.25, 0.3) is 10.9 Å². The Bertz CT molecular complexity index is 1590. The molecule has 0 radical (unpaired) electrons. The number of hydrogen-bond acceptors (Lipinski definition) is 4. The van der Waals surface area contributed by atoms with Crippen molar-refractivity contribution in [3.63, 3.8) is 0 Å². The molecule has 0 aliphatic rings. The molecule has 38 heavy (non-hydrogen) atoms. The topological polar surface area (TPSA) is 89.8 Å². The van der Waals surface area contributed by atoms with Crippen molar-refractivity contribution in [3.8, 4) is 5.88 Å². The number of hydrogen-bond donors (Lipinski definition) is 3. The Kier molecular flexibility index (Phi) is 6.66. The third kappa shape index (κ3) is 5.27. The van der Waals surface area contributed by atoms with Crippen molar-refractivity contribution in [1.29, 1.82) is 0 Å². The van der Waals surface area contributed by atoms with Crippen LogP contribution in [0.15, 0.2) is 113 Å². The number of aromatic hydroxyl groups is 1. The van der Waals surface area contributed by atoms with Crippen molar-refractivity contribution in [2.24, 2.45) is 10.2 Å². The molecule has 1 atom stereocenters. The van der Waals surface area contributed by atoms with Crippen LogP contribution in [0.5, 0.6) is 5.88 Å². The van der Waals surface area contributed by atoms with Crippen LogP contribution >= 0.6 is 0 Å². The number of para-hydroxylation sites is 1. The molecule has 0 saturated heterocycles. The van der Waals surface area contributed by atoms with Gasteiger partial charge in [0.1, 0.15) is 0 Å². The van der Waals surface area contributed by atoms with Crippen LogP contribution in [0.4, 0.5) is 24.5 Å². The number of halogens is 3. The summed E-state index contributed by atoms with van der Waals surface area (Å²) in [6.07, 6.45) is -4.45. The molecule has 0 fully saturated rings. The van der Waals surface area contributed by atoms with Gasteiger partial charge in [-0.05, 0) is 53.6 Å². The zero-order chi connectivity index (χ0) is 26.7. The molecule has 0 aliphatic heterocycles. The second-order valence-corrected chi connectivity index (χ2v) is 8.55. The van der Waals surface area contributed by atoms with E-state index in [9.17, 15) is 23.1 Å². The maximum Gasteiger partial charge on any atom is 0.416 e. The number of H-pyrrole nitrogens is 1. The highest BCUT2D eigenvalue weighted by atomic mass is 19.4. The summed E-state index contributed by atoms with van der Waals surface area (Å²) in [5, 5.41) is 22.1. The molecule has 0 saturated carbocycles. The van der Waals surface area contributed by atoms with E-state index in [0.29, 0.717) is 22.5 Å². The zero-order valence-corrected chi connectivity index (χ0v) is 19.8. The minimum absolute atomic E-state index is 0.0961. The Hall–Kier alpha value is -4.92. The number of fused-ring (bicyclic) bond motifs is 1. The van der Waals surface area contributed by atoms with Crippen molar-refractivity contribution in [2.75, 3.05) is 0 Å². The van der Waals surface area contributed by atoms with Crippen molar-refractivity contribution in [2.45, 2.75) is 12.2 Å². The second-order valence-electron chi connectivity index (χ2n) is 8.55. The van der Waals surface area contributed by atoms with E-state index in [4.69, 9.17) is 0 Å². The van der Waals surface area contributed by atoms with E-state index < -0.39 is 23.7 Å². The Morgan fingerprint density at radius 2 is 1.42 bits per heavy atom. The van der Waals surface area contributed by atoms with Gasteiger partial charge in [0, 0.05) is 10.9 Å². The molecule has 1 amide bonds. The van der Waals surface area contributed by atoms with Gasteiger partial charge in [0.15, 0.2) is 5.69 Å². The van der Waals surface area contributed by atoms with E-state index in [2.05, 4.69) is 20.5 Å². The Morgan fingerprint density at radius 1 is 0.789 bits per heavy atom. The molecule has 9 heteroatoms. The molecule has 3 N–H and O–H groups in total. The molecule has 1 aromatic heterocycles. The van der Waals surface area contributed by atoms with Gasteiger partial charge in [0.25, 0.3) is 5.91 Å². The third-order valence-corrected chi connectivity index (χ3v) is 6.03. The number of azo groups is 1. The van der Waals surface area contributed by atoms with Gasteiger partial charge in [-0.3, -0.25) is 4.79 Å². The number of aromatic nitrogens is 1. The van der Waals surface area contributed by atoms with Crippen LogP contribution in [0.1, 0.15) is 33.1 Å². The first kappa shape index (κ1) is 24.8. The average Bonchev–Trinajstić information content (AvgIpc) is 3.25. The molecule has 5 aromatic rings. The third-order valence-electron chi connectivity index (χ3n) is 6.03. The molecular formula is C29H21F3N4O2. The standard InChI is InChI=1S/C29H21F3N4O2/c30-29(31,32)21-14-10-19(11-15-21)25(18-6-2-1-3-7-18)34-27(37)20-12-16-22(17-13-20)35-36-26-23-8-4-5-9-24(23)33-28(26)38/h1-17,25,33,38H,(H,34,37)/t25-/m0/s1. The number of alkyl halides is 3. The molecular weight excluding hydrogens is 493 g/mol. The van der Waals surface area contributed by atoms with E-state index in [1.165, 1.54) is 12.1 Å². The maximum absolute atomic E-state index is 13.1. The number of amides is 1. The lowest BCUT2D eigenvalue weighted by molar-refractivity contribution is -0.137. The SMILES string of the molecule is O=C(N[C@@H](c1ccccc1)c1ccc(C(F)(F)F)cc1)c1ccc(N=Nc2c(O)[nH]c3ccccc23)cc1. The van der Waals surface area contributed by atoms with Crippen LogP contribution < -0.4 is 5.32 Å². The molecule has 0 spiro atoms. The van der Waals surface area contributed by atoms with E-state index in [-0.39, 0.29) is 5.88 Å². The number of carbonyl (C=O) groups is 1. The van der Waals surface area contributed by atoms with Gasteiger partial charge in [-0.2, -0.15) is 18.3 Å². The van der Waals surface area contributed by atoms with E-state index in [1.807, 2.05) is 30.3 Å². The molecule has 5 rings (SSSR count). The predicted molar refractivity (Wildman–Crippen MR) is 138 cm³/mol. The van der Waals surface area contributed by atoms with Crippen molar-refractivity contribution in [3.05, 3.63) is 125 Å². The molecule has 1 heterocycles. The Balaban J connectivity index is 1.35. The highest BCUT2D eigenvalue weighted by molar-refractivity contribution is 5.95. The summed E-state index contributed by atoms with van der Waals surface area (Å²) in [7, 11) is 0. The summed E-state index contributed by atoms with van der Waals surface area (Å²) in [6, 6.07) is 26.8. The van der Waals surface area contributed by atoms with Crippen LogP contribution in [0.3, 0.4) is 0 Å². The second kappa shape index (κ2) is 10.2. The van der Waals surface area contributed by atoms with Gasteiger partial charge in [-0.1, -0.05) is 60.7 Å². The van der Waals surface area contributed by atoms with E-state index in [0.717, 1.165) is 28.6 Å². The number of aromatic amines is 1. The fourth-order valence-corrected chi connectivity index (χ4v) is 4.08. The molecule has 0 unspecified atom stereocenters. The summed E-state index contributed by atoms with van der Waals surface area (Å²) >= 11 is 0. The number of benzene rings is 4. The van der Waals surface area contributed by atoms with Gasteiger partial charge in [-0.25, -0.2) is 0 Å². The largest absolute Gasteiger partial charge is 0.493 e. The molecule has 0 aliphatic carbocycles. The lowest BCUT2D eigenvalue weighted by Crippen LogP contribution is -2.29. The summed E-state index contributed by atoms with van der Waals surface area (Å²) in [5.41, 5.74) is 2.33. The lowest BCUT2D eigenvalue weighted by Gasteiger charge is -2.20. The quantitative estimate of drug-likeness (QED) is 0.202. The summed E-state index contributed by atoms with van der Waals surface area (Å²) < 4.78 is 39.1. The van der Waals surface area contributed by atoms with Crippen LogP contribution in [-0.2, 0) is 6.18 Å². The Morgan fingerprint density at radius 3 is 2.11 bits per heavy atom. The van der Waals surface area contributed by atoms with Gasteiger partial charge in [0.05, 0.1) is 22.8 Å². The molecule has 190 valence electrons. The van der Waals surface area contributed by atoms with Crippen molar-refractivity contribution in [1.82, 2.24) is 10.3 Å². The van der Waals surface area contributed by atoms with E-state index >= 15 is 0 Å². The first-order chi connectivity index (χ1) is 18.3. The first-order valence-corrected chi connectivity index (χ1v) is 11.6. The number of nitrogens with zero attached hydrogens (tertiary/aromatic N) is 2. The Labute approximate surface area is 215 Å². The normalized spacial score (nSPS) is 12.6. The minimum atomic E-state index is -4.45. The smallest absolute Gasteiger partial charge is 0.416 e. The number of nitrogens with one attached hydrogen (secondary N) is 2. The van der Waals surface area contributed by atoms with Crippen LogP contribution in [-0.4, -0.2) is 16.0 Å². The first-order valence-electron chi connectivity index (χ1n) is 11.6. The summed E-state index contributed by atoms with van der Waals surface area (Å²) in [6.45, 7) is 0. The summed E-state index contributed by atoms with van der Waals surface area (Å²) in [4.78, 5) is 15.9. The van der Waals surface area contributed by atoms with Crippen LogP contribution in [0.2, 0.25) is 0 Å². The van der Waals surface area contributed by atoms with Gasteiger partial charge in [0.2, 0.25) is 5.88 Å². The number of rotatable bonds is 6. The highest BCUT2D eigenvalue weighted by Gasteiger charge is 2.30. The zero-order valence-electron chi connectivity index (χ0n) is 19.8. The molecule has 4 aromatic carbocycles. The monoisotopic (exact) mass is 514 g/mol. The average molecular weight is 515 g/mol. The lowest BCUT2D eigenvalue weighted by atomic mass is 9.97. The molecule has 6 nitrogen and oxygen atoms in total. The van der Waals surface area contributed by atoms with Gasteiger partial charge >= 0.3 is 6.18 Å². The summed E-state index contributed by atoms with van der Waals surface area (Å²) in [5.74, 6) is -0.502. The fraction of sp³-hybridized carbons (Fsp3) is 0.0690. The van der Waals surface area contributed by atoms with Gasteiger partial charge in [-0.15, -0.1) is 5.11 Å².